The van der Waals surface area contributed by atoms with E-state index in [-0.39, 0.29) is 0 Å². The first-order valence-electron chi connectivity index (χ1n) is 8.22. The summed E-state index contributed by atoms with van der Waals surface area (Å²) in [5.74, 6) is 0.541. The first kappa shape index (κ1) is 16.4. The second-order valence-electron chi connectivity index (χ2n) is 5.69. The van der Waals surface area contributed by atoms with Gasteiger partial charge in [0.15, 0.2) is 0 Å². The lowest BCUT2D eigenvalue weighted by molar-refractivity contribution is 0.976. The summed E-state index contributed by atoms with van der Waals surface area (Å²) in [6.07, 6.45) is 3.43. The van der Waals surface area contributed by atoms with Gasteiger partial charge in [-0.25, -0.2) is 4.98 Å². The molecule has 7 heteroatoms. The third-order valence-electron chi connectivity index (χ3n) is 3.92. The van der Waals surface area contributed by atoms with E-state index in [0.29, 0.717) is 5.82 Å². The fraction of sp³-hybridized carbons (Fsp3) is 0. The van der Waals surface area contributed by atoms with Crippen LogP contribution >= 0.6 is 34.0 Å². The summed E-state index contributed by atoms with van der Waals surface area (Å²) in [6.45, 7) is 0. The molecule has 5 heterocycles. The molecule has 0 spiro atoms. The lowest BCUT2D eigenvalue weighted by Gasteiger charge is -2.00. The van der Waals surface area contributed by atoms with E-state index in [2.05, 4.69) is 61.9 Å². The van der Waals surface area contributed by atoms with Gasteiger partial charge in [-0.15, -0.1) is 39.1 Å². The molecule has 130 valence electrons. The second kappa shape index (κ2) is 7.11. The van der Waals surface area contributed by atoms with Gasteiger partial charge in [0.05, 0.1) is 11.1 Å². The predicted molar refractivity (Wildman–Crippen MR) is 113 cm³/mol. The van der Waals surface area contributed by atoms with Crippen LogP contribution in [0.4, 0.5) is 0 Å². The summed E-state index contributed by atoms with van der Waals surface area (Å²) in [4.78, 5) is 15.1. The Morgan fingerprint density at radius 2 is 1.44 bits per heavy atom. The van der Waals surface area contributed by atoms with Crippen molar-refractivity contribution in [1.82, 2.24) is 20.2 Å². The van der Waals surface area contributed by atoms with Crippen LogP contribution < -0.4 is 0 Å². The van der Waals surface area contributed by atoms with E-state index in [1.54, 1.807) is 35.1 Å². The van der Waals surface area contributed by atoms with Crippen LogP contribution in [0.25, 0.3) is 41.6 Å². The van der Waals surface area contributed by atoms with E-state index >= 15 is 0 Å². The van der Waals surface area contributed by atoms with E-state index in [0.717, 1.165) is 16.3 Å². The molecule has 0 aromatic carbocycles. The van der Waals surface area contributed by atoms with Crippen molar-refractivity contribution in [3.8, 4) is 41.6 Å². The fourth-order valence-electron chi connectivity index (χ4n) is 2.66. The summed E-state index contributed by atoms with van der Waals surface area (Å²) >= 11 is 5.30. The standard InChI is InChI=1S/C20H12N4S3/c1-2-10-21-13(4-1)20-23-14(12-22-24-20)15-6-7-18(26-15)19-9-8-17(27-19)16-5-3-11-25-16/h1-12H. The zero-order chi connectivity index (χ0) is 18.1. The summed E-state index contributed by atoms with van der Waals surface area (Å²) in [6, 6.07) is 18.5. The van der Waals surface area contributed by atoms with Gasteiger partial charge >= 0.3 is 0 Å². The third-order valence-corrected chi connectivity index (χ3v) is 7.38. The third kappa shape index (κ3) is 3.32. The van der Waals surface area contributed by atoms with E-state index in [1.807, 2.05) is 29.5 Å². The molecule has 0 saturated heterocycles. The average molecular weight is 405 g/mol. The maximum absolute atomic E-state index is 4.65. The Labute approximate surface area is 167 Å². The van der Waals surface area contributed by atoms with Crippen LogP contribution in [0, 0.1) is 0 Å². The van der Waals surface area contributed by atoms with Crippen LogP contribution in [0.3, 0.4) is 0 Å². The van der Waals surface area contributed by atoms with Crippen molar-refractivity contribution in [2.24, 2.45) is 0 Å². The molecule has 27 heavy (non-hydrogen) atoms. The van der Waals surface area contributed by atoms with Gasteiger partial charge in [-0.2, -0.15) is 5.10 Å². The molecular formula is C20H12N4S3. The number of thiophene rings is 3. The van der Waals surface area contributed by atoms with Crippen LogP contribution in [-0.2, 0) is 0 Å². The molecule has 0 bridgehead atoms. The molecule has 0 N–H and O–H groups in total. The van der Waals surface area contributed by atoms with Crippen LogP contribution in [-0.4, -0.2) is 20.2 Å². The van der Waals surface area contributed by atoms with Gasteiger partial charge in [0.1, 0.15) is 11.4 Å². The highest BCUT2D eigenvalue weighted by Gasteiger charge is 2.12. The quantitative estimate of drug-likeness (QED) is 0.362. The Kier molecular flexibility index (Phi) is 4.33. The smallest absolute Gasteiger partial charge is 0.200 e. The SMILES string of the molecule is c1ccc(-c2nncc(-c3ccc(-c4ccc(-c5cccs5)s4)s3)n2)nc1. The van der Waals surface area contributed by atoms with Crippen LogP contribution in [0.2, 0.25) is 0 Å². The number of aromatic nitrogens is 4. The Balaban J connectivity index is 1.46. The minimum atomic E-state index is 0.541. The minimum absolute atomic E-state index is 0.541. The van der Waals surface area contributed by atoms with E-state index in [4.69, 9.17) is 0 Å². The second-order valence-corrected chi connectivity index (χ2v) is 8.80. The molecule has 5 aromatic rings. The summed E-state index contributed by atoms with van der Waals surface area (Å²) in [5, 5.41) is 10.3. The molecule has 5 aromatic heterocycles. The molecule has 4 nitrogen and oxygen atoms in total. The number of hydrogen-bond donors (Lipinski definition) is 0. The fourth-order valence-corrected chi connectivity index (χ4v) is 5.55. The first-order chi connectivity index (χ1) is 13.4. The highest BCUT2D eigenvalue weighted by molar-refractivity contribution is 7.27. The number of nitrogens with zero attached hydrogens (tertiary/aromatic N) is 4. The molecule has 0 amide bonds. The van der Waals surface area contributed by atoms with E-state index in [1.165, 1.54) is 19.5 Å². The van der Waals surface area contributed by atoms with Gasteiger partial charge in [-0.05, 0) is 47.8 Å². The molecule has 0 radical (unpaired) electrons. The van der Waals surface area contributed by atoms with Gasteiger partial charge < -0.3 is 0 Å². The lowest BCUT2D eigenvalue weighted by atomic mass is 10.3. The maximum atomic E-state index is 4.65. The normalized spacial score (nSPS) is 11.0. The van der Waals surface area contributed by atoms with Gasteiger partial charge in [-0.1, -0.05) is 12.1 Å². The zero-order valence-corrected chi connectivity index (χ0v) is 16.4. The lowest BCUT2D eigenvalue weighted by Crippen LogP contribution is -1.95. The largest absolute Gasteiger partial charge is 0.253 e. The van der Waals surface area contributed by atoms with Gasteiger partial charge in [-0.3, -0.25) is 4.98 Å². The monoisotopic (exact) mass is 404 g/mol. The van der Waals surface area contributed by atoms with Crippen molar-refractivity contribution in [2.75, 3.05) is 0 Å². The Bertz CT molecular complexity index is 1180. The van der Waals surface area contributed by atoms with Gasteiger partial charge in [0.25, 0.3) is 0 Å². The molecule has 0 atom stereocenters. The molecule has 0 unspecified atom stereocenters. The van der Waals surface area contributed by atoms with Crippen LogP contribution in [0.1, 0.15) is 0 Å². The Morgan fingerprint density at radius 3 is 2.19 bits per heavy atom. The minimum Gasteiger partial charge on any atom is -0.253 e. The molecule has 0 saturated carbocycles. The average Bonchev–Trinajstić information content (AvgIpc) is 3.49. The summed E-state index contributed by atoms with van der Waals surface area (Å²) in [5.41, 5.74) is 1.54. The van der Waals surface area contributed by atoms with Gasteiger partial charge in [0.2, 0.25) is 5.82 Å². The van der Waals surface area contributed by atoms with Crippen LogP contribution in [0.15, 0.2) is 72.4 Å². The van der Waals surface area contributed by atoms with Gasteiger partial charge in [0, 0.05) is 25.7 Å². The van der Waals surface area contributed by atoms with E-state index in [9.17, 15) is 0 Å². The topological polar surface area (TPSA) is 51.6 Å². The first-order valence-corrected chi connectivity index (χ1v) is 10.7. The van der Waals surface area contributed by atoms with Crippen molar-refractivity contribution >= 4 is 34.0 Å². The maximum Gasteiger partial charge on any atom is 0.200 e. The number of rotatable bonds is 4. The van der Waals surface area contributed by atoms with Crippen LogP contribution in [0.5, 0.6) is 0 Å². The Morgan fingerprint density at radius 1 is 0.667 bits per heavy atom. The van der Waals surface area contributed by atoms with Crippen molar-refractivity contribution < 1.29 is 0 Å². The zero-order valence-electron chi connectivity index (χ0n) is 13.9. The van der Waals surface area contributed by atoms with Crippen molar-refractivity contribution in [3.63, 3.8) is 0 Å². The Hall–Kier alpha value is -2.74. The molecule has 0 fully saturated rings. The molecule has 0 aliphatic carbocycles. The molecular weight excluding hydrogens is 392 g/mol. The molecule has 0 aliphatic heterocycles. The molecule has 0 aliphatic rings. The predicted octanol–water partition coefficient (Wildman–Crippen LogP) is 6.12. The van der Waals surface area contributed by atoms with Crippen molar-refractivity contribution in [2.45, 2.75) is 0 Å². The molecule has 5 rings (SSSR count). The highest BCUT2D eigenvalue weighted by atomic mass is 32.1. The van der Waals surface area contributed by atoms with Crippen molar-refractivity contribution in [3.05, 3.63) is 72.4 Å². The van der Waals surface area contributed by atoms with Crippen molar-refractivity contribution in [1.29, 1.82) is 0 Å². The number of pyridine rings is 1. The van der Waals surface area contributed by atoms with E-state index < -0.39 is 0 Å². The highest BCUT2D eigenvalue weighted by Crippen LogP contribution is 2.40. The summed E-state index contributed by atoms with van der Waals surface area (Å²) in [7, 11) is 0. The number of hydrogen-bond acceptors (Lipinski definition) is 7. The summed E-state index contributed by atoms with van der Waals surface area (Å²) < 4.78 is 0.